The minimum atomic E-state index is -1.32. The van der Waals surface area contributed by atoms with Crippen molar-refractivity contribution >= 4 is 33.2 Å². The number of benzene rings is 1. The lowest BCUT2D eigenvalue weighted by Crippen LogP contribution is -1.98. The summed E-state index contributed by atoms with van der Waals surface area (Å²) < 4.78 is 19.6. The minimum absolute atomic E-state index is 0.0865. The third-order valence-electron chi connectivity index (χ3n) is 3.11. The van der Waals surface area contributed by atoms with Gasteiger partial charge in [0.05, 0.1) is 21.5 Å². The van der Waals surface area contributed by atoms with Crippen LogP contribution in [0.2, 0.25) is 0 Å². The van der Waals surface area contributed by atoms with E-state index in [1.54, 1.807) is 18.2 Å². The van der Waals surface area contributed by atoms with Crippen LogP contribution in [0.5, 0.6) is 5.75 Å². The third-order valence-corrected chi connectivity index (χ3v) is 5.32. The van der Waals surface area contributed by atoms with Crippen molar-refractivity contribution in [2.24, 2.45) is 0 Å². The Morgan fingerprint density at radius 1 is 1.52 bits per heavy atom. The van der Waals surface area contributed by atoms with Gasteiger partial charge in [-0.15, -0.1) is 11.3 Å². The molecule has 0 aliphatic rings. The molecular weight excluding hydrogens is 385 g/mol. The molecule has 0 amide bonds. The first kappa shape index (κ1) is 17.4. The number of nitrogens with zero attached hydrogens (tertiary/aromatic N) is 1. The van der Waals surface area contributed by atoms with Crippen LogP contribution in [0.1, 0.15) is 35.0 Å². The normalized spacial score (nSPS) is 10.3. The fraction of sp³-hybridized carbons (Fsp3) is 0.250. The highest BCUT2D eigenvalue weighted by Gasteiger charge is 2.22. The summed E-state index contributed by atoms with van der Waals surface area (Å²) in [6, 6.07) is 6.95. The van der Waals surface area contributed by atoms with Crippen molar-refractivity contribution in [3.63, 3.8) is 0 Å². The summed E-state index contributed by atoms with van der Waals surface area (Å²) in [4.78, 5) is 11.1. The lowest BCUT2D eigenvalue weighted by atomic mass is 10.1. The van der Waals surface area contributed by atoms with Crippen LogP contribution in [0.4, 0.5) is 4.39 Å². The average molecular weight is 398 g/mol. The molecule has 1 N–H and O–H groups in total. The van der Waals surface area contributed by atoms with Gasteiger partial charge in [0.1, 0.15) is 16.7 Å². The molecule has 0 fully saturated rings. The number of rotatable bonds is 6. The molecule has 23 heavy (non-hydrogen) atoms. The van der Waals surface area contributed by atoms with E-state index in [9.17, 15) is 14.4 Å². The van der Waals surface area contributed by atoms with Gasteiger partial charge in [0.2, 0.25) is 0 Å². The molecule has 0 bridgehead atoms. The van der Waals surface area contributed by atoms with E-state index >= 15 is 0 Å². The minimum Gasteiger partial charge on any atom is -0.492 e. The Hall–Kier alpha value is -1.91. The van der Waals surface area contributed by atoms with E-state index in [1.807, 2.05) is 6.92 Å². The van der Waals surface area contributed by atoms with Crippen LogP contribution in [0, 0.1) is 17.1 Å². The van der Waals surface area contributed by atoms with Gasteiger partial charge in [-0.3, -0.25) is 0 Å². The van der Waals surface area contributed by atoms with Gasteiger partial charge in [0.15, 0.2) is 5.82 Å². The van der Waals surface area contributed by atoms with Crippen molar-refractivity contribution in [2.45, 2.75) is 19.8 Å². The van der Waals surface area contributed by atoms with Crippen molar-refractivity contribution in [1.82, 2.24) is 0 Å². The Bertz CT molecular complexity index is 782. The SMILES string of the molecule is CCCCOc1ccc(-c2sc(C(=O)O)c(F)c2Br)cc1C#N. The molecule has 120 valence electrons. The molecule has 1 aromatic carbocycles. The molecule has 0 atom stereocenters. The van der Waals surface area contributed by atoms with Gasteiger partial charge in [-0.1, -0.05) is 13.3 Å². The maximum Gasteiger partial charge on any atom is 0.348 e. The highest BCUT2D eigenvalue weighted by molar-refractivity contribution is 9.10. The number of carboxylic acid groups (broad SMARTS) is 1. The molecule has 0 saturated heterocycles. The Kier molecular flexibility index (Phi) is 5.74. The molecule has 0 aliphatic carbocycles. The van der Waals surface area contributed by atoms with E-state index in [1.165, 1.54) is 0 Å². The molecule has 7 heteroatoms. The van der Waals surface area contributed by atoms with E-state index in [2.05, 4.69) is 22.0 Å². The second-order valence-electron chi connectivity index (χ2n) is 4.72. The summed E-state index contributed by atoms with van der Waals surface area (Å²) in [5.41, 5.74) is 0.892. The van der Waals surface area contributed by atoms with Gasteiger partial charge >= 0.3 is 5.97 Å². The van der Waals surface area contributed by atoms with Gasteiger partial charge in [-0.25, -0.2) is 9.18 Å². The summed E-state index contributed by atoms with van der Waals surface area (Å²) in [6.45, 7) is 2.56. The summed E-state index contributed by atoms with van der Waals surface area (Å²) in [7, 11) is 0. The Morgan fingerprint density at radius 2 is 2.26 bits per heavy atom. The van der Waals surface area contributed by atoms with Crippen molar-refractivity contribution in [2.75, 3.05) is 6.61 Å². The van der Waals surface area contributed by atoms with Crippen molar-refractivity contribution in [3.05, 3.63) is 38.9 Å². The zero-order valence-electron chi connectivity index (χ0n) is 12.2. The van der Waals surface area contributed by atoms with E-state index in [4.69, 9.17) is 9.84 Å². The van der Waals surface area contributed by atoms with Crippen LogP contribution in [0.15, 0.2) is 22.7 Å². The van der Waals surface area contributed by atoms with Crippen LogP contribution in [0.3, 0.4) is 0 Å². The van der Waals surface area contributed by atoms with Crippen molar-refractivity contribution in [1.29, 1.82) is 5.26 Å². The second kappa shape index (κ2) is 7.57. The van der Waals surface area contributed by atoms with Gasteiger partial charge in [-0.2, -0.15) is 5.26 Å². The summed E-state index contributed by atoms with van der Waals surface area (Å²) >= 11 is 3.90. The predicted octanol–water partition coefficient (Wildman–Crippen LogP) is 5.07. The number of nitriles is 1. The number of carboxylic acids is 1. The first-order valence-electron chi connectivity index (χ1n) is 6.88. The highest BCUT2D eigenvalue weighted by Crippen LogP contribution is 2.40. The number of ether oxygens (including phenoxy) is 1. The van der Waals surface area contributed by atoms with Crippen molar-refractivity contribution in [3.8, 4) is 22.3 Å². The monoisotopic (exact) mass is 397 g/mol. The number of aromatic carboxylic acids is 1. The average Bonchev–Trinajstić information content (AvgIpc) is 2.84. The predicted molar refractivity (Wildman–Crippen MR) is 89.5 cm³/mol. The van der Waals surface area contributed by atoms with Crippen LogP contribution in [-0.4, -0.2) is 17.7 Å². The molecule has 1 aromatic heterocycles. The fourth-order valence-corrected chi connectivity index (χ4v) is 3.63. The molecule has 4 nitrogen and oxygen atoms in total. The van der Waals surface area contributed by atoms with E-state index in [-0.39, 0.29) is 9.35 Å². The largest absolute Gasteiger partial charge is 0.492 e. The van der Waals surface area contributed by atoms with Crippen molar-refractivity contribution < 1.29 is 19.0 Å². The highest BCUT2D eigenvalue weighted by atomic mass is 79.9. The zero-order valence-corrected chi connectivity index (χ0v) is 14.6. The lowest BCUT2D eigenvalue weighted by Gasteiger charge is -2.08. The van der Waals surface area contributed by atoms with E-state index in [0.29, 0.717) is 28.4 Å². The van der Waals surface area contributed by atoms with Gasteiger partial charge in [0, 0.05) is 0 Å². The molecule has 2 aromatic rings. The van der Waals surface area contributed by atoms with Crippen LogP contribution in [0.25, 0.3) is 10.4 Å². The van der Waals surface area contributed by atoms with Crippen LogP contribution < -0.4 is 4.74 Å². The summed E-state index contributed by atoms with van der Waals surface area (Å²) in [5.74, 6) is -1.66. The second-order valence-corrected chi connectivity index (χ2v) is 6.53. The molecule has 0 aliphatic heterocycles. The quantitative estimate of drug-likeness (QED) is 0.690. The maximum absolute atomic E-state index is 13.9. The molecule has 0 radical (unpaired) electrons. The number of carbonyl (C=O) groups is 1. The maximum atomic E-state index is 13.9. The number of hydrogen-bond acceptors (Lipinski definition) is 4. The molecule has 1 heterocycles. The molecule has 0 spiro atoms. The summed E-state index contributed by atoms with van der Waals surface area (Å²) in [6.07, 6.45) is 1.87. The fourth-order valence-electron chi connectivity index (χ4n) is 1.93. The van der Waals surface area contributed by atoms with Gasteiger partial charge in [0.25, 0.3) is 0 Å². The molecular formula is C16H13BrFNO3S. The van der Waals surface area contributed by atoms with Crippen LogP contribution in [-0.2, 0) is 0 Å². The lowest BCUT2D eigenvalue weighted by molar-refractivity contribution is 0.0697. The molecule has 0 unspecified atom stereocenters. The number of hydrogen-bond donors (Lipinski definition) is 1. The molecule has 0 saturated carbocycles. The third kappa shape index (κ3) is 3.71. The van der Waals surface area contributed by atoms with Gasteiger partial charge < -0.3 is 9.84 Å². The Morgan fingerprint density at radius 3 is 2.83 bits per heavy atom. The topological polar surface area (TPSA) is 70.3 Å². The Balaban J connectivity index is 2.40. The standard InChI is InChI=1S/C16H13BrFNO3S/c1-2-3-6-22-11-5-4-9(7-10(11)8-19)14-12(17)13(18)15(23-14)16(20)21/h4-5,7H,2-3,6H2,1H3,(H,20,21). The number of unbranched alkanes of at least 4 members (excludes halogenated alkanes) is 1. The van der Waals surface area contributed by atoms with E-state index in [0.717, 1.165) is 24.2 Å². The zero-order chi connectivity index (χ0) is 17.0. The molecule has 2 rings (SSSR count). The first-order valence-corrected chi connectivity index (χ1v) is 8.48. The number of thiophene rings is 1. The number of halogens is 2. The Labute approximate surface area is 145 Å². The van der Waals surface area contributed by atoms with Gasteiger partial charge in [-0.05, 0) is 46.1 Å². The first-order chi connectivity index (χ1) is 11.0. The van der Waals surface area contributed by atoms with E-state index < -0.39 is 11.8 Å². The van der Waals surface area contributed by atoms with Crippen LogP contribution >= 0.6 is 27.3 Å². The summed E-state index contributed by atoms with van der Waals surface area (Å²) in [5, 5.41) is 18.3. The smallest absolute Gasteiger partial charge is 0.348 e.